The molecule has 0 atom stereocenters. The summed E-state index contributed by atoms with van der Waals surface area (Å²) in [5.74, 6) is -1.27. The fourth-order valence-electron chi connectivity index (χ4n) is 1.85. The third-order valence-electron chi connectivity index (χ3n) is 2.84. The first kappa shape index (κ1) is 13.7. The van der Waals surface area contributed by atoms with Crippen LogP contribution >= 0.6 is 0 Å². The van der Waals surface area contributed by atoms with Gasteiger partial charge in [0.1, 0.15) is 5.69 Å². The average Bonchev–Trinajstić information content (AvgIpc) is 2.45. The number of carbonyl (C=O) groups excluding carboxylic acids is 1. The van der Waals surface area contributed by atoms with Crippen LogP contribution in [0.25, 0.3) is 0 Å². The molecule has 2 rings (SSSR count). The van der Waals surface area contributed by atoms with Crippen LogP contribution in [0.4, 0.5) is 5.69 Å². The number of hydrogen-bond donors (Lipinski definition) is 1. The first-order chi connectivity index (χ1) is 9.58. The SMILES string of the molecule is CC(=O)N(Cc1ccccc1)c1ccnc(C(=O)O)c1. The van der Waals surface area contributed by atoms with Crippen LogP contribution in [0.2, 0.25) is 0 Å². The van der Waals surface area contributed by atoms with Crippen molar-refractivity contribution in [3.05, 3.63) is 59.9 Å². The van der Waals surface area contributed by atoms with Gasteiger partial charge < -0.3 is 10.0 Å². The van der Waals surface area contributed by atoms with Crippen molar-refractivity contribution >= 4 is 17.6 Å². The molecule has 0 fully saturated rings. The Bertz CT molecular complexity index is 626. The topological polar surface area (TPSA) is 70.5 Å². The highest BCUT2D eigenvalue weighted by atomic mass is 16.4. The quantitative estimate of drug-likeness (QED) is 0.925. The summed E-state index contributed by atoms with van der Waals surface area (Å²) in [5, 5.41) is 8.95. The van der Waals surface area contributed by atoms with Crippen molar-refractivity contribution in [2.75, 3.05) is 4.90 Å². The third kappa shape index (κ3) is 3.20. The average molecular weight is 270 g/mol. The standard InChI is InChI=1S/C15H14N2O3/c1-11(18)17(10-12-5-3-2-4-6-12)13-7-8-16-14(9-13)15(19)20/h2-9H,10H2,1H3,(H,19,20). The Morgan fingerprint density at radius 3 is 2.50 bits per heavy atom. The fourth-order valence-corrected chi connectivity index (χ4v) is 1.85. The summed E-state index contributed by atoms with van der Waals surface area (Å²) >= 11 is 0. The summed E-state index contributed by atoms with van der Waals surface area (Å²) in [7, 11) is 0. The van der Waals surface area contributed by atoms with Crippen molar-refractivity contribution in [3.8, 4) is 0 Å². The lowest BCUT2D eigenvalue weighted by Crippen LogP contribution is -2.28. The number of benzene rings is 1. The van der Waals surface area contributed by atoms with E-state index in [0.29, 0.717) is 12.2 Å². The van der Waals surface area contributed by atoms with Gasteiger partial charge in [-0.2, -0.15) is 0 Å². The molecule has 0 aliphatic heterocycles. The van der Waals surface area contributed by atoms with Crippen LogP contribution in [-0.4, -0.2) is 22.0 Å². The van der Waals surface area contributed by atoms with E-state index in [-0.39, 0.29) is 11.6 Å². The van der Waals surface area contributed by atoms with Crippen molar-refractivity contribution in [3.63, 3.8) is 0 Å². The molecule has 102 valence electrons. The lowest BCUT2D eigenvalue weighted by atomic mass is 10.2. The van der Waals surface area contributed by atoms with Crippen LogP contribution in [0.1, 0.15) is 23.0 Å². The maximum atomic E-state index is 11.8. The van der Waals surface area contributed by atoms with Crippen LogP contribution in [0, 0.1) is 0 Å². The van der Waals surface area contributed by atoms with Gasteiger partial charge in [0.25, 0.3) is 0 Å². The summed E-state index contributed by atoms with van der Waals surface area (Å²) in [6.45, 7) is 1.84. The first-order valence-electron chi connectivity index (χ1n) is 6.09. The minimum absolute atomic E-state index is 0.0817. The molecule has 1 aromatic carbocycles. The number of carboxylic acid groups (broad SMARTS) is 1. The Hall–Kier alpha value is -2.69. The molecular weight excluding hydrogens is 256 g/mol. The molecule has 0 saturated heterocycles. The van der Waals surface area contributed by atoms with Crippen LogP contribution in [0.3, 0.4) is 0 Å². The Kier molecular flexibility index (Phi) is 4.10. The number of hydrogen-bond acceptors (Lipinski definition) is 3. The largest absolute Gasteiger partial charge is 0.477 e. The second kappa shape index (κ2) is 5.97. The second-order valence-electron chi connectivity index (χ2n) is 4.30. The molecule has 0 aliphatic carbocycles. The molecule has 20 heavy (non-hydrogen) atoms. The number of rotatable bonds is 4. The number of nitrogens with zero attached hydrogens (tertiary/aromatic N) is 2. The molecule has 2 aromatic rings. The Morgan fingerprint density at radius 2 is 1.90 bits per heavy atom. The number of aromatic carboxylic acids is 1. The lowest BCUT2D eigenvalue weighted by Gasteiger charge is -2.21. The molecule has 5 nitrogen and oxygen atoms in total. The fraction of sp³-hybridized carbons (Fsp3) is 0.133. The summed E-state index contributed by atoms with van der Waals surface area (Å²) in [6, 6.07) is 12.5. The van der Waals surface area contributed by atoms with Gasteiger partial charge in [-0.3, -0.25) is 4.79 Å². The highest BCUT2D eigenvalue weighted by Crippen LogP contribution is 2.18. The number of amides is 1. The number of carboxylic acids is 1. The minimum atomic E-state index is -1.12. The maximum Gasteiger partial charge on any atom is 0.354 e. The Balaban J connectivity index is 2.31. The van der Waals surface area contributed by atoms with Gasteiger partial charge in [0.2, 0.25) is 5.91 Å². The van der Waals surface area contributed by atoms with E-state index in [1.807, 2.05) is 30.3 Å². The van der Waals surface area contributed by atoms with Crippen LogP contribution in [0.5, 0.6) is 0 Å². The van der Waals surface area contributed by atoms with E-state index in [0.717, 1.165) is 5.56 Å². The normalized spacial score (nSPS) is 10.1. The summed E-state index contributed by atoms with van der Waals surface area (Å²) in [4.78, 5) is 28.0. The number of carbonyl (C=O) groups is 2. The number of pyridine rings is 1. The molecule has 0 saturated carbocycles. The summed E-state index contributed by atoms with van der Waals surface area (Å²) in [6.07, 6.45) is 1.39. The van der Waals surface area contributed by atoms with E-state index in [1.54, 1.807) is 6.07 Å². The zero-order valence-corrected chi connectivity index (χ0v) is 11.0. The predicted octanol–water partition coefficient (Wildman–Crippen LogP) is 2.33. The second-order valence-corrected chi connectivity index (χ2v) is 4.30. The number of anilines is 1. The zero-order valence-electron chi connectivity index (χ0n) is 11.0. The minimum Gasteiger partial charge on any atom is -0.477 e. The van der Waals surface area contributed by atoms with Gasteiger partial charge >= 0.3 is 5.97 Å². The number of aromatic nitrogens is 1. The van der Waals surface area contributed by atoms with E-state index in [4.69, 9.17) is 5.11 Å². The van der Waals surface area contributed by atoms with E-state index in [9.17, 15) is 9.59 Å². The molecular formula is C15H14N2O3. The van der Waals surface area contributed by atoms with Crippen molar-refractivity contribution < 1.29 is 14.7 Å². The molecule has 1 aromatic heterocycles. The molecule has 0 spiro atoms. The van der Waals surface area contributed by atoms with E-state index < -0.39 is 5.97 Å². The third-order valence-corrected chi connectivity index (χ3v) is 2.84. The Labute approximate surface area is 116 Å². The van der Waals surface area contributed by atoms with E-state index >= 15 is 0 Å². The molecule has 0 unspecified atom stereocenters. The highest BCUT2D eigenvalue weighted by Gasteiger charge is 2.14. The van der Waals surface area contributed by atoms with Crippen LogP contribution in [0.15, 0.2) is 48.7 Å². The Morgan fingerprint density at radius 1 is 1.20 bits per heavy atom. The van der Waals surface area contributed by atoms with Crippen molar-refractivity contribution in [2.24, 2.45) is 0 Å². The van der Waals surface area contributed by atoms with Gasteiger partial charge in [-0.05, 0) is 17.7 Å². The molecule has 1 amide bonds. The molecule has 0 bridgehead atoms. The zero-order chi connectivity index (χ0) is 14.5. The van der Waals surface area contributed by atoms with Gasteiger partial charge in [-0.1, -0.05) is 30.3 Å². The predicted molar refractivity (Wildman–Crippen MR) is 74.5 cm³/mol. The first-order valence-corrected chi connectivity index (χ1v) is 6.09. The molecule has 0 aliphatic rings. The highest BCUT2D eigenvalue weighted by molar-refractivity contribution is 5.93. The van der Waals surface area contributed by atoms with Gasteiger partial charge in [-0.25, -0.2) is 9.78 Å². The van der Waals surface area contributed by atoms with Crippen LogP contribution < -0.4 is 4.90 Å². The van der Waals surface area contributed by atoms with Gasteiger partial charge in [0.05, 0.1) is 6.54 Å². The monoisotopic (exact) mass is 270 g/mol. The van der Waals surface area contributed by atoms with Crippen molar-refractivity contribution in [2.45, 2.75) is 13.5 Å². The molecule has 1 heterocycles. The van der Waals surface area contributed by atoms with Gasteiger partial charge in [0, 0.05) is 18.8 Å². The maximum absolute atomic E-state index is 11.8. The molecule has 0 radical (unpaired) electrons. The molecule has 5 heteroatoms. The molecule has 1 N–H and O–H groups in total. The van der Waals surface area contributed by atoms with Crippen molar-refractivity contribution in [1.82, 2.24) is 4.98 Å². The summed E-state index contributed by atoms with van der Waals surface area (Å²) in [5.41, 5.74) is 1.41. The van der Waals surface area contributed by atoms with E-state index in [2.05, 4.69) is 4.98 Å². The van der Waals surface area contributed by atoms with Crippen LogP contribution in [-0.2, 0) is 11.3 Å². The smallest absolute Gasteiger partial charge is 0.354 e. The summed E-state index contributed by atoms with van der Waals surface area (Å²) < 4.78 is 0. The van der Waals surface area contributed by atoms with Gasteiger partial charge in [0.15, 0.2) is 0 Å². The van der Waals surface area contributed by atoms with E-state index in [1.165, 1.54) is 24.1 Å². The van der Waals surface area contributed by atoms with Gasteiger partial charge in [-0.15, -0.1) is 0 Å². The van der Waals surface area contributed by atoms with Crippen molar-refractivity contribution in [1.29, 1.82) is 0 Å². The lowest BCUT2D eigenvalue weighted by molar-refractivity contribution is -0.116.